The second-order valence-electron chi connectivity index (χ2n) is 6.73. The van der Waals surface area contributed by atoms with Gasteiger partial charge < -0.3 is 9.73 Å². The molecule has 0 atom stereocenters. The van der Waals surface area contributed by atoms with Crippen LogP contribution in [-0.4, -0.2) is 18.0 Å². The highest BCUT2D eigenvalue weighted by Gasteiger charge is 2.30. The third-order valence-electron chi connectivity index (χ3n) is 4.43. The molecule has 0 bridgehead atoms. The Balaban J connectivity index is 1.60. The molecule has 9 heteroatoms. The van der Waals surface area contributed by atoms with Crippen molar-refractivity contribution < 1.29 is 27.2 Å². The molecule has 0 saturated carbocycles. The molecule has 3 aromatic rings. The van der Waals surface area contributed by atoms with Crippen LogP contribution in [0.2, 0.25) is 0 Å². The fourth-order valence-electron chi connectivity index (χ4n) is 2.64. The van der Waals surface area contributed by atoms with Gasteiger partial charge in [-0.15, -0.1) is 0 Å². The van der Waals surface area contributed by atoms with Gasteiger partial charge in [-0.3, -0.25) is 9.59 Å². The Kier molecular flexibility index (Phi) is 6.24. The lowest BCUT2D eigenvalue weighted by molar-refractivity contribution is -0.137. The fraction of sp³-hybridized carbons (Fsp3) is 0.136. The molecule has 1 heterocycles. The highest BCUT2D eigenvalue weighted by molar-refractivity contribution is 6.39. The summed E-state index contributed by atoms with van der Waals surface area (Å²) in [5, 5.41) is 6.10. The third kappa shape index (κ3) is 5.59. The van der Waals surface area contributed by atoms with E-state index in [2.05, 4.69) is 15.8 Å². The van der Waals surface area contributed by atoms with Gasteiger partial charge in [0.05, 0.1) is 11.8 Å². The molecule has 2 aromatic carbocycles. The zero-order valence-corrected chi connectivity index (χ0v) is 16.6. The van der Waals surface area contributed by atoms with Crippen molar-refractivity contribution in [2.45, 2.75) is 20.0 Å². The van der Waals surface area contributed by atoms with E-state index in [1.165, 1.54) is 24.3 Å². The first-order valence-electron chi connectivity index (χ1n) is 9.12. The first kappa shape index (κ1) is 21.8. The average Bonchev–Trinajstić information content (AvgIpc) is 3.19. The molecule has 0 aliphatic heterocycles. The van der Waals surface area contributed by atoms with Crippen LogP contribution in [0.25, 0.3) is 11.3 Å². The number of hydrogen-bond donors (Lipinski definition) is 2. The number of halogens is 3. The number of hydrogen-bond acceptors (Lipinski definition) is 4. The smallest absolute Gasteiger partial charge is 0.416 e. The molecule has 2 N–H and O–H groups in total. The predicted octanol–water partition coefficient (Wildman–Crippen LogP) is 4.67. The van der Waals surface area contributed by atoms with Crippen molar-refractivity contribution in [2.75, 3.05) is 5.32 Å². The molecule has 0 unspecified atom stereocenters. The summed E-state index contributed by atoms with van der Waals surface area (Å²) in [7, 11) is 0. The number of amides is 2. The predicted molar refractivity (Wildman–Crippen MR) is 109 cm³/mol. The SMILES string of the molecule is Cc1ccc(NC(=O)C(=O)N/N=C\c2ccc(-c3cccc(C(F)(F)F)c3)o2)cc1C. The van der Waals surface area contributed by atoms with Crippen LogP contribution in [-0.2, 0) is 15.8 Å². The minimum Gasteiger partial charge on any atom is -0.455 e. The number of anilines is 1. The van der Waals surface area contributed by atoms with Gasteiger partial charge in [-0.05, 0) is 61.4 Å². The van der Waals surface area contributed by atoms with Gasteiger partial charge in [0.25, 0.3) is 0 Å². The lowest BCUT2D eigenvalue weighted by Gasteiger charge is -2.07. The molecule has 1 aromatic heterocycles. The van der Waals surface area contributed by atoms with Crippen LogP contribution < -0.4 is 10.7 Å². The minimum absolute atomic E-state index is 0.183. The normalized spacial score (nSPS) is 11.5. The molecule has 0 fully saturated rings. The average molecular weight is 429 g/mol. The van der Waals surface area contributed by atoms with Gasteiger partial charge in [-0.2, -0.15) is 18.3 Å². The molecule has 160 valence electrons. The van der Waals surface area contributed by atoms with E-state index in [0.29, 0.717) is 5.69 Å². The molecule has 3 rings (SSSR count). The number of alkyl halides is 3. The van der Waals surface area contributed by atoms with E-state index < -0.39 is 23.6 Å². The summed E-state index contributed by atoms with van der Waals surface area (Å²) in [6.07, 6.45) is -3.33. The van der Waals surface area contributed by atoms with E-state index >= 15 is 0 Å². The Morgan fingerprint density at radius 3 is 2.45 bits per heavy atom. The summed E-state index contributed by atoms with van der Waals surface area (Å²) in [4.78, 5) is 23.8. The summed E-state index contributed by atoms with van der Waals surface area (Å²) >= 11 is 0. The van der Waals surface area contributed by atoms with Gasteiger partial charge in [0.1, 0.15) is 11.5 Å². The molecule has 0 aliphatic rings. The van der Waals surface area contributed by atoms with Gasteiger partial charge in [0.2, 0.25) is 0 Å². The van der Waals surface area contributed by atoms with Gasteiger partial charge >= 0.3 is 18.0 Å². The van der Waals surface area contributed by atoms with E-state index in [-0.39, 0.29) is 17.1 Å². The van der Waals surface area contributed by atoms with Crippen LogP contribution in [0.15, 0.2) is 64.1 Å². The molecule has 0 radical (unpaired) electrons. The minimum atomic E-state index is -4.46. The topological polar surface area (TPSA) is 83.7 Å². The van der Waals surface area contributed by atoms with Crippen LogP contribution in [0, 0.1) is 13.8 Å². The number of carbonyl (C=O) groups is 2. The Morgan fingerprint density at radius 2 is 1.74 bits per heavy atom. The lowest BCUT2D eigenvalue weighted by Crippen LogP contribution is -2.32. The number of aryl methyl sites for hydroxylation is 2. The number of benzene rings is 2. The Morgan fingerprint density at radius 1 is 0.968 bits per heavy atom. The first-order chi connectivity index (χ1) is 14.6. The van der Waals surface area contributed by atoms with Gasteiger partial charge in [0, 0.05) is 11.3 Å². The summed E-state index contributed by atoms with van der Waals surface area (Å²) < 4.78 is 44.0. The Bertz CT molecular complexity index is 1150. The highest BCUT2D eigenvalue weighted by atomic mass is 19.4. The summed E-state index contributed by atoms with van der Waals surface area (Å²) in [5.74, 6) is -1.50. The molecule has 6 nitrogen and oxygen atoms in total. The maximum atomic E-state index is 12.8. The fourth-order valence-corrected chi connectivity index (χ4v) is 2.64. The molecule has 0 spiro atoms. The van der Waals surface area contributed by atoms with Gasteiger partial charge in [0.15, 0.2) is 0 Å². The second-order valence-corrected chi connectivity index (χ2v) is 6.73. The standard InChI is InChI=1S/C22H18F3N3O3/c1-13-6-7-17(10-14(13)2)27-20(29)21(30)28-26-12-18-8-9-19(31-18)15-4-3-5-16(11-15)22(23,24)25/h3-12H,1-2H3,(H,27,29)(H,28,30)/b26-12-. The van der Waals surface area contributed by atoms with Crippen LogP contribution >= 0.6 is 0 Å². The van der Waals surface area contributed by atoms with Crippen molar-refractivity contribution in [2.24, 2.45) is 5.10 Å². The quantitative estimate of drug-likeness (QED) is 0.359. The number of furan rings is 1. The lowest BCUT2D eigenvalue weighted by atomic mass is 10.1. The van der Waals surface area contributed by atoms with Gasteiger partial charge in [-0.25, -0.2) is 5.43 Å². The summed E-state index contributed by atoms with van der Waals surface area (Å²) in [6, 6.07) is 12.9. The van der Waals surface area contributed by atoms with E-state index in [0.717, 1.165) is 29.5 Å². The number of carbonyl (C=O) groups excluding carboxylic acids is 2. The van der Waals surface area contributed by atoms with E-state index in [1.54, 1.807) is 12.1 Å². The Labute approximate surface area is 175 Å². The molecular formula is C22H18F3N3O3. The summed E-state index contributed by atoms with van der Waals surface area (Å²) in [6.45, 7) is 3.81. The first-order valence-corrected chi connectivity index (χ1v) is 9.12. The van der Waals surface area contributed by atoms with Crippen molar-refractivity contribution in [1.82, 2.24) is 5.43 Å². The van der Waals surface area contributed by atoms with Crippen molar-refractivity contribution in [3.63, 3.8) is 0 Å². The number of nitrogens with one attached hydrogen (secondary N) is 2. The maximum Gasteiger partial charge on any atom is 0.416 e. The number of hydrazone groups is 1. The zero-order valence-electron chi connectivity index (χ0n) is 16.6. The number of rotatable bonds is 4. The van der Waals surface area contributed by atoms with E-state index in [4.69, 9.17) is 4.42 Å². The molecular weight excluding hydrogens is 411 g/mol. The van der Waals surface area contributed by atoms with E-state index in [9.17, 15) is 22.8 Å². The van der Waals surface area contributed by atoms with Gasteiger partial charge in [-0.1, -0.05) is 18.2 Å². The largest absolute Gasteiger partial charge is 0.455 e. The van der Waals surface area contributed by atoms with Crippen molar-refractivity contribution in [3.05, 3.63) is 77.0 Å². The molecule has 2 amide bonds. The maximum absolute atomic E-state index is 12.8. The monoisotopic (exact) mass is 429 g/mol. The molecule has 31 heavy (non-hydrogen) atoms. The third-order valence-corrected chi connectivity index (χ3v) is 4.43. The van der Waals surface area contributed by atoms with E-state index in [1.807, 2.05) is 19.9 Å². The molecule has 0 saturated heterocycles. The zero-order chi connectivity index (χ0) is 22.6. The van der Waals surface area contributed by atoms with Crippen molar-refractivity contribution in [1.29, 1.82) is 0 Å². The summed E-state index contributed by atoms with van der Waals surface area (Å²) in [5.41, 5.74) is 4.00. The van der Waals surface area contributed by atoms with Crippen LogP contribution in [0.4, 0.5) is 18.9 Å². The van der Waals surface area contributed by atoms with Crippen LogP contribution in [0.3, 0.4) is 0 Å². The van der Waals surface area contributed by atoms with Crippen LogP contribution in [0.5, 0.6) is 0 Å². The van der Waals surface area contributed by atoms with Crippen molar-refractivity contribution >= 4 is 23.7 Å². The Hall–Kier alpha value is -3.88. The highest BCUT2D eigenvalue weighted by Crippen LogP contribution is 2.32. The second kappa shape index (κ2) is 8.86. The van der Waals surface area contributed by atoms with Crippen LogP contribution in [0.1, 0.15) is 22.5 Å². The molecule has 0 aliphatic carbocycles. The van der Waals surface area contributed by atoms with Crippen molar-refractivity contribution in [3.8, 4) is 11.3 Å². The number of nitrogens with zero attached hydrogens (tertiary/aromatic N) is 1.